The van der Waals surface area contributed by atoms with Crippen molar-refractivity contribution >= 4 is 29.7 Å². The van der Waals surface area contributed by atoms with Gasteiger partial charge in [-0.25, -0.2) is 4.98 Å². The maximum Gasteiger partial charge on any atom is 0.248 e. The lowest BCUT2D eigenvalue weighted by molar-refractivity contribution is 0.100. The lowest BCUT2D eigenvalue weighted by atomic mass is 9.72. The number of fused-ring (bicyclic) bond motifs is 1. The van der Waals surface area contributed by atoms with Gasteiger partial charge in [0.2, 0.25) is 5.91 Å². The third kappa shape index (κ3) is 2.62. The fraction of sp³-hybridized carbons (Fsp3) is 0.176. The second-order valence-corrected chi connectivity index (χ2v) is 5.41. The number of carbonyl (C=O) groups is 1. The van der Waals surface area contributed by atoms with Crippen molar-refractivity contribution in [3.8, 4) is 0 Å². The zero-order chi connectivity index (χ0) is 15.7. The van der Waals surface area contributed by atoms with Crippen molar-refractivity contribution in [1.29, 1.82) is 0 Å². The first-order chi connectivity index (χ1) is 10.6. The van der Waals surface area contributed by atoms with E-state index in [1.807, 2.05) is 17.5 Å². The van der Waals surface area contributed by atoms with E-state index in [9.17, 15) is 4.79 Å². The molecule has 3 aromatic rings. The van der Waals surface area contributed by atoms with Crippen LogP contribution in [0.2, 0.25) is 6.82 Å². The van der Waals surface area contributed by atoms with Gasteiger partial charge < -0.3 is 10.3 Å². The molecule has 1 aromatic heterocycles. The van der Waals surface area contributed by atoms with Crippen molar-refractivity contribution in [2.45, 2.75) is 20.3 Å². The Bertz CT molecular complexity index is 854. The highest BCUT2D eigenvalue weighted by molar-refractivity contribution is 6.51. The minimum Gasteiger partial charge on any atom is -0.366 e. The molecule has 1 radical (unpaired) electrons. The fourth-order valence-corrected chi connectivity index (χ4v) is 2.60. The Balaban J connectivity index is 2.00. The molecule has 0 saturated heterocycles. The maximum atomic E-state index is 11.3. The van der Waals surface area contributed by atoms with Crippen LogP contribution in [0.15, 0.2) is 42.7 Å². The first kappa shape index (κ1) is 14.4. The molecule has 0 spiro atoms. The van der Waals surface area contributed by atoms with E-state index < -0.39 is 5.91 Å². The third-order valence-electron chi connectivity index (χ3n) is 3.95. The van der Waals surface area contributed by atoms with Crippen LogP contribution in [0.1, 0.15) is 21.5 Å². The molecule has 2 N–H and O–H groups in total. The molecule has 1 heterocycles. The van der Waals surface area contributed by atoms with Crippen molar-refractivity contribution in [3.63, 3.8) is 0 Å². The molecule has 0 fully saturated rings. The number of aromatic nitrogens is 2. The molecular formula is C17H17BN3O. The smallest absolute Gasteiger partial charge is 0.248 e. The minimum atomic E-state index is -0.423. The minimum absolute atomic E-state index is 0.423. The van der Waals surface area contributed by atoms with Crippen molar-refractivity contribution in [2.75, 3.05) is 0 Å². The summed E-state index contributed by atoms with van der Waals surface area (Å²) in [6.45, 7) is 4.86. The van der Waals surface area contributed by atoms with Crippen molar-refractivity contribution in [3.05, 3.63) is 59.4 Å². The van der Waals surface area contributed by atoms with E-state index in [0.717, 1.165) is 11.0 Å². The van der Waals surface area contributed by atoms with Crippen molar-refractivity contribution in [1.82, 2.24) is 9.55 Å². The van der Waals surface area contributed by atoms with Gasteiger partial charge in [-0.05, 0) is 36.2 Å². The number of hydrogen-bond acceptors (Lipinski definition) is 2. The largest absolute Gasteiger partial charge is 0.366 e. The van der Waals surface area contributed by atoms with E-state index in [1.165, 1.54) is 16.6 Å². The van der Waals surface area contributed by atoms with Crippen LogP contribution >= 0.6 is 0 Å². The van der Waals surface area contributed by atoms with Gasteiger partial charge in [-0.3, -0.25) is 4.79 Å². The molecule has 0 aliphatic heterocycles. The normalized spacial score (nSPS) is 10.8. The second-order valence-electron chi connectivity index (χ2n) is 5.41. The van der Waals surface area contributed by atoms with E-state index in [0.29, 0.717) is 12.1 Å². The van der Waals surface area contributed by atoms with Gasteiger partial charge in [0.05, 0.1) is 17.4 Å². The topological polar surface area (TPSA) is 60.9 Å². The van der Waals surface area contributed by atoms with Gasteiger partial charge in [0, 0.05) is 12.1 Å². The van der Waals surface area contributed by atoms with E-state index >= 15 is 0 Å². The van der Waals surface area contributed by atoms with E-state index in [-0.39, 0.29) is 0 Å². The van der Waals surface area contributed by atoms with Gasteiger partial charge in [-0.1, -0.05) is 30.5 Å². The predicted molar refractivity (Wildman–Crippen MR) is 89.8 cm³/mol. The molecule has 3 rings (SSSR count). The maximum absolute atomic E-state index is 11.3. The van der Waals surface area contributed by atoms with Crippen LogP contribution in [-0.2, 0) is 6.54 Å². The molecule has 0 saturated carbocycles. The number of carbonyl (C=O) groups excluding carboxylic acids is 1. The van der Waals surface area contributed by atoms with Crippen LogP contribution in [-0.4, -0.2) is 22.7 Å². The van der Waals surface area contributed by atoms with Crippen LogP contribution < -0.4 is 11.2 Å². The van der Waals surface area contributed by atoms with E-state index in [2.05, 4.69) is 37.4 Å². The molecule has 0 bridgehead atoms. The summed E-state index contributed by atoms with van der Waals surface area (Å²) in [5, 5.41) is 0. The molecule has 2 aromatic carbocycles. The highest BCUT2D eigenvalue weighted by Gasteiger charge is 2.08. The first-order valence-electron chi connectivity index (χ1n) is 7.22. The van der Waals surface area contributed by atoms with Gasteiger partial charge in [0.25, 0.3) is 0 Å². The van der Waals surface area contributed by atoms with Crippen molar-refractivity contribution in [2.24, 2.45) is 5.73 Å². The van der Waals surface area contributed by atoms with Gasteiger partial charge in [0.1, 0.15) is 7.28 Å². The number of aryl methyl sites for hydroxylation is 1. The molecule has 5 heteroatoms. The molecule has 0 aliphatic carbocycles. The summed E-state index contributed by atoms with van der Waals surface area (Å²) in [6.07, 6.45) is 1.80. The molecule has 0 atom stereocenters. The van der Waals surface area contributed by atoms with E-state index in [4.69, 9.17) is 5.73 Å². The monoisotopic (exact) mass is 290 g/mol. The van der Waals surface area contributed by atoms with Gasteiger partial charge in [-0.2, -0.15) is 0 Å². The summed E-state index contributed by atoms with van der Waals surface area (Å²) in [6, 6.07) is 11.7. The number of imidazole rings is 1. The summed E-state index contributed by atoms with van der Waals surface area (Å²) >= 11 is 0. The lowest BCUT2D eigenvalue weighted by Gasteiger charge is -2.10. The molecule has 22 heavy (non-hydrogen) atoms. The summed E-state index contributed by atoms with van der Waals surface area (Å²) in [4.78, 5) is 15.7. The Morgan fingerprint density at radius 2 is 2.09 bits per heavy atom. The third-order valence-corrected chi connectivity index (χ3v) is 3.95. The number of rotatable bonds is 4. The van der Waals surface area contributed by atoms with Crippen molar-refractivity contribution < 1.29 is 4.79 Å². The van der Waals surface area contributed by atoms with Gasteiger partial charge in [0.15, 0.2) is 0 Å². The van der Waals surface area contributed by atoms with Crippen LogP contribution in [0.5, 0.6) is 0 Å². The summed E-state index contributed by atoms with van der Waals surface area (Å²) in [5.41, 5.74) is 11.3. The number of amides is 1. The van der Waals surface area contributed by atoms with Gasteiger partial charge >= 0.3 is 0 Å². The molecule has 1 amide bonds. The number of nitrogens with zero attached hydrogens (tertiary/aromatic N) is 2. The Morgan fingerprint density at radius 3 is 2.77 bits per heavy atom. The number of primary amides is 1. The molecule has 0 aliphatic rings. The SMILES string of the molecule is C[B]c1ccc(Cn2cnc3ccc(C(N)=O)cc32)c(C)c1. The summed E-state index contributed by atoms with van der Waals surface area (Å²) < 4.78 is 2.04. The number of hydrogen-bond donors (Lipinski definition) is 1. The summed E-state index contributed by atoms with van der Waals surface area (Å²) in [7, 11) is 2.09. The Hall–Kier alpha value is -2.56. The van der Waals surface area contributed by atoms with Crippen LogP contribution in [0.3, 0.4) is 0 Å². The Morgan fingerprint density at radius 1 is 1.27 bits per heavy atom. The Labute approximate surface area is 130 Å². The average molecular weight is 290 g/mol. The standard InChI is InChI=1S/C17H17BN3O/c1-11-7-14(18-2)5-3-13(11)9-21-10-20-15-6-4-12(17(19)22)8-16(15)21/h3-8,10H,9H2,1-2H3,(H2,19,22). The zero-order valence-electron chi connectivity index (χ0n) is 12.7. The highest BCUT2D eigenvalue weighted by Crippen LogP contribution is 2.17. The highest BCUT2D eigenvalue weighted by atomic mass is 16.1. The molecular weight excluding hydrogens is 273 g/mol. The Kier molecular flexibility index (Phi) is 3.71. The quantitative estimate of drug-likeness (QED) is 0.746. The lowest BCUT2D eigenvalue weighted by Crippen LogP contribution is -2.12. The number of benzene rings is 2. The summed E-state index contributed by atoms with van der Waals surface area (Å²) in [5.74, 6) is -0.423. The molecule has 0 unspecified atom stereocenters. The van der Waals surface area contributed by atoms with Gasteiger partial charge in [-0.15, -0.1) is 0 Å². The van der Waals surface area contributed by atoms with Crippen LogP contribution in [0.4, 0.5) is 0 Å². The first-order valence-corrected chi connectivity index (χ1v) is 7.22. The second kappa shape index (κ2) is 5.68. The van der Waals surface area contributed by atoms with Crippen LogP contribution in [0.25, 0.3) is 11.0 Å². The average Bonchev–Trinajstić information content (AvgIpc) is 2.91. The molecule has 4 nitrogen and oxygen atoms in total. The number of nitrogens with two attached hydrogens (primary N) is 1. The molecule has 109 valence electrons. The predicted octanol–water partition coefficient (Wildman–Crippen LogP) is 1.87. The van der Waals surface area contributed by atoms with Crippen LogP contribution in [0, 0.1) is 6.92 Å². The van der Waals surface area contributed by atoms with E-state index in [1.54, 1.807) is 18.5 Å². The fourth-order valence-electron chi connectivity index (χ4n) is 2.60. The zero-order valence-corrected chi connectivity index (χ0v) is 12.7.